The number of rotatable bonds is 4. The molecule has 0 fully saturated rings. The maximum Gasteiger partial charge on any atom is 0.270 e. The number of hydrogen-bond acceptors (Lipinski definition) is 6. The van der Waals surface area contributed by atoms with Crippen LogP contribution >= 0.6 is 0 Å². The summed E-state index contributed by atoms with van der Waals surface area (Å²) < 4.78 is 5.74. The molecule has 3 heterocycles. The van der Waals surface area contributed by atoms with E-state index in [-0.39, 0.29) is 17.3 Å². The van der Waals surface area contributed by atoms with Crippen molar-refractivity contribution in [3.05, 3.63) is 65.3 Å². The largest absolute Gasteiger partial charge is 0.504 e. The van der Waals surface area contributed by atoms with Gasteiger partial charge in [-0.25, -0.2) is 4.98 Å². The van der Waals surface area contributed by atoms with Crippen LogP contribution in [-0.4, -0.2) is 25.3 Å². The van der Waals surface area contributed by atoms with E-state index < -0.39 is 0 Å². The summed E-state index contributed by atoms with van der Waals surface area (Å²) in [6.45, 7) is 3.98. The van der Waals surface area contributed by atoms with Crippen LogP contribution in [0.2, 0.25) is 0 Å². The Morgan fingerprint density at radius 1 is 1.04 bits per heavy atom. The van der Waals surface area contributed by atoms with Gasteiger partial charge >= 0.3 is 0 Å². The van der Waals surface area contributed by atoms with Crippen LogP contribution < -0.4 is 0 Å². The van der Waals surface area contributed by atoms with Gasteiger partial charge in [-0.3, -0.25) is 4.98 Å². The van der Waals surface area contributed by atoms with E-state index in [1.807, 2.05) is 19.1 Å². The average molecular weight is 346 g/mol. The van der Waals surface area contributed by atoms with Crippen LogP contribution in [0, 0.1) is 6.92 Å². The average Bonchev–Trinajstić information content (AvgIpc) is 3.13. The summed E-state index contributed by atoms with van der Waals surface area (Å²) in [5, 5.41) is 19.5. The van der Waals surface area contributed by atoms with Crippen LogP contribution in [-0.2, 0) is 12.8 Å². The first-order valence-electron chi connectivity index (χ1n) is 8.50. The summed E-state index contributed by atoms with van der Waals surface area (Å²) in [4.78, 5) is 8.67. The van der Waals surface area contributed by atoms with Gasteiger partial charge in [0.2, 0.25) is 5.89 Å². The smallest absolute Gasteiger partial charge is 0.270 e. The van der Waals surface area contributed by atoms with Gasteiger partial charge in [0.05, 0.1) is 6.42 Å². The minimum absolute atomic E-state index is 0.0475. The maximum atomic E-state index is 10.5. The molecule has 0 saturated heterocycles. The van der Waals surface area contributed by atoms with Crippen molar-refractivity contribution < 1.29 is 9.52 Å². The van der Waals surface area contributed by atoms with Gasteiger partial charge in [0.25, 0.3) is 5.89 Å². The number of aromatic hydroxyl groups is 1. The Labute approximate surface area is 150 Å². The van der Waals surface area contributed by atoms with Gasteiger partial charge in [-0.1, -0.05) is 31.2 Å². The third-order valence-corrected chi connectivity index (χ3v) is 4.38. The van der Waals surface area contributed by atoms with E-state index in [0.29, 0.717) is 17.8 Å². The van der Waals surface area contributed by atoms with Gasteiger partial charge in [0.1, 0.15) is 5.52 Å². The molecule has 4 aromatic rings. The summed E-state index contributed by atoms with van der Waals surface area (Å²) in [5.74, 6) is 0.622. The van der Waals surface area contributed by atoms with Crippen molar-refractivity contribution >= 4 is 10.9 Å². The number of fused-ring (bicyclic) bond motifs is 1. The second-order valence-electron chi connectivity index (χ2n) is 6.14. The van der Waals surface area contributed by atoms with Crippen molar-refractivity contribution in [2.75, 3.05) is 0 Å². The van der Waals surface area contributed by atoms with Crippen molar-refractivity contribution in [2.45, 2.75) is 26.7 Å². The SMILES string of the molecule is CCc1ccc(Cc2nnc(-c3nc(C)c4cccnc4c3O)o2)cc1. The molecule has 0 aliphatic heterocycles. The summed E-state index contributed by atoms with van der Waals surface area (Å²) in [5.41, 5.74) is 3.86. The van der Waals surface area contributed by atoms with Crippen LogP contribution in [0.15, 0.2) is 47.0 Å². The standard InChI is InChI=1S/C20H18N4O2/c1-3-13-6-8-14(9-7-13)11-16-23-24-20(26-16)18-19(25)17-15(12(2)22-18)5-4-10-21-17/h4-10,25H,3,11H2,1-2H3. The molecule has 0 amide bonds. The second-order valence-corrected chi connectivity index (χ2v) is 6.14. The van der Waals surface area contributed by atoms with Crippen molar-refractivity contribution in [1.82, 2.24) is 20.2 Å². The Kier molecular flexibility index (Phi) is 4.08. The number of pyridine rings is 2. The predicted molar refractivity (Wildman–Crippen MR) is 97.9 cm³/mol. The number of hydrogen-bond donors (Lipinski definition) is 1. The number of aromatic nitrogens is 4. The lowest BCUT2D eigenvalue weighted by molar-refractivity contribution is 0.470. The van der Waals surface area contributed by atoms with E-state index in [1.54, 1.807) is 6.20 Å². The lowest BCUT2D eigenvalue weighted by Crippen LogP contribution is -1.93. The highest BCUT2D eigenvalue weighted by molar-refractivity contribution is 5.90. The zero-order valence-corrected chi connectivity index (χ0v) is 14.6. The molecule has 0 aliphatic rings. The van der Waals surface area contributed by atoms with E-state index >= 15 is 0 Å². The number of benzene rings is 1. The molecule has 4 rings (SSSR count). The van der Waals surface area contributed by atoms with Crippen LogP contribution in [0.25, 0.3) is 22.5 Å². The highest BCUT2D eigenvalue weighted by atomic mass is 16.4. The minimum atomic E-state index is -0.0475. The fourth-order valence-electron chi connectivity index (χ4n) is 2.92. The van der Waals surface area contributed by atoms with Gasteiger partial charge < -0.3 is 9.52 Å². The molecule has 0 radical (unpaired) electrons. The van der Waals surface area contributed by atoms with Gasteiger partial charge in [-0.15, -0.1) is 10.2 Å². The van der Waals surface area contributed by atoms with Crippen LogP contribution in [0.5, 0.6) is 5.75 Å². The predicted octanol–water partition coefficient (Wildman–Crippen LogP) is 3.85. The second kappa shape index (κ2) is 6.55. The normalized spacial score (nSPS) is 11.2. The molecular formula is C20H18N4O2. The molecule has 0 saturated carbocycles. The summed E-state index contributed by atoms with van der Waals surface area (Å²) in [6.07, 6.45) is 3.17. The molecule has 6 nitrogen and oxygen atoms in total. The first-order valence-corrected chi connectivity index (χ1v) is 8.50. The lowest BCUT2D eigenvalue weighted by Gasteiger charge is -2.06. The Balaban J connectivity index is 1.67. The van der Waals surface area contributed by atoms with Crippen LogP contribution in [0.4, 0.5) is 0 Å². The molecule has 0 bridgehead atoms. The summed E-state index contributed by atoms with van der Waals surface area (Å²) >= 11 is 0. The molecule has 0 unspecified atom stereocenters. The van der Waals surface area contributed by atoms with Crippen molar-refractivity contribution in [3.8, 4) is 17.3 Å². The Morgan fingerprint density at radius 3 is 2.58 bits per heavy atom. The molecule has 0 atom stereocenters. The van der Waals surface area contributed by atoms with Crippen molar-refractivity contribution in [3.63, 3.8) is 0 Å². The minimum Gasteiger partial charge on any atom is -0.504 e. The first-order chi connectivity index (χ1) is 12.7. The number of nitrogens with zero attached hydrogens (tertiary/aromatic N) is 4. The lowest BCUT2D eigenvalue weighted by atomic mass is 10.1. The first kappa shape index (κ1) is 16.2. The summed E-state index contributed by atoms with van der Waals surface area (Å²) in [7, 11) is 0. The van der Waals surface area contributed by atoms with Crippen molar-refractivity contribution in [1.29, 1.82) is 0 Å². The van der Waals surface area contributed by atoms with Gasteiger partial charge in [0, 0.05) is 17.3 Å². The molecular weight excluding hydrogens is 328 g/mol. The summed E-state index contributed by atoms with van der Waals surface area (Å²) in [6, 6.07) is 12.0. The molecule has 26 heavy (non-hydrogen) atoms. The molecule has 0 spiro atoms. The van der Waals surface area contributed by atoms with Crippen LogP contribution in [0.1, 0.15) is 29.6 Å². The third kappa shape index (κ3) is 2.90. The fraction of sp³-hybridized carbons (Fsp3) is 0.200. The van der Waals surface area contributed by atoms with E-state index in [0.717, 1.165) is 23.1 Å². The third-order valence-electron chi connectivity index (χ3n) is 4.38. The highest BCUT2D eigenvalue weighted by Crippen LogP contribution is 2.33. The van der Waals surface area contributed by atoms with Crippen molar-refractivity contribution in [2.24, 2.45) is 0 Å². The van der Waals surface area contributed by atoms with Gasteiger partial charge in [-0.05, 0) is 36.6 Å². The topological polar surface area (TPSA) is 84.9 Å². The zero-order chi connectivity index (χ0) is 18.1. The molecule has 1 N–H and O–H groups in total. The molecule has 1 aromatic carbocycles. The Bertz CT molecular complexity index is 1070. The molecule has 3 aromatic heterocycles. The quantitative estimate of drug-likeness (QED) is 0.604. The Morgan fingerprint density at radius 2 is 1.81 bits per heavy atom. The Hall–Kier alpha value is -3.28. The number of aryl methyl sites for hydroxylation is 2. The van der Waals surface area contributed by atoms with E-state index in [1.165, 1.54) is 5.56 Å². The van der Waals surface area contributed by atoms with E-state index in [9.17, 15) is 5.11 Å². The van der Waals surface area contributed by atoms with Gasteiger partial charge in [0.15, 0.2) is 11.4 Å². The monoisotopic (exact) mass is 346 g/mol. The molecule has 130 valence electrons. The fourth-order valence-corrected chi connectivity index (χ4v) is 2.92. The zero-order valence-electron chi connectivity index (χ0n) is 14.6. The maximum absolute atomic E-state index is 10.5. The van der Waals surface area contributed by atoms with Crippen LogP contribution in [0.3, 0.4) is 0 Å². The van der Waals surface area contributed by atoms with Gasteiger partial charge in [-0.2, -0.15) is 0 Å². The van der Waals surface area contributed by atoms with E-state index in [2.05, 4.69) is 51.4 Å². The molecule has 6 heteroatoms. The highest BCUT2D eigenvalue weighted by Gasteiger charge is 2.19. The van der Waals surface area contributed by atoms with E-state index in [4.69, 9.17) is 4.42 Å². The molecule has 0 aliphatic carbocycles.